The van der Waals surface area contributed by atoms with Crippen LogP contribution in [0.5, 0.6) is 0 Å². The van der Waals surface area contributed by atoms with Gasteiger partial charge in [-0.25, -0.2) is 12.7 Å². The second-order valence-electron chi connectivity index (χ2n) is 7.25. The first-order valence-electron chi connectivity index (χ1n) is 9.07. The molecule has 2 aliphatic rings. The third kappa shape index (κ3) is 5.00. The molecular formula is C16H29N5O2S. The molecule has 136 valence electrons. The summed E-state index contributed by atoms with van der Waals surface area (Å²) in [7, 11) is -3.09. The second kappa shape index (κ2) is 7.93. The van der Waals surface area contributed by atoms with Gasteiger partial charge in [0.2, 0.25) is 10.0 Å². The van der Waals surface area contributed by atoms with E-state index in [0.717, 1.165) is 44.7 Å². The Labute approximate surface area is 145 Å². The lowest BCUT2D eigenvalue weighted by atomic mass is 10.00. The highest BCUT2D eigenvalue weighted by Gasteiger charge is 2.26. The summed E-state index contributed by atoms with van der Waals surface area (Å²) in [6.07, 6.45) is 10.5. The highest BCUT2D eigenvalue weighted by Crippen LogP contribution is 2.20. The van der Waals surface area contributed by atoms with Gasteiger partial charge in [-0.3, -0.25) is 9.58 Å². The van der Waals surface area contributed by atoms with Crippen molar-refractivity contribution in [2.75, 3.05) is 32.4 Å². The lowest BCUT2D eigenvalue weighted by Crippen LogP contribution is -2.40. The molecule has 2 aliphatic heterocycles. The molecule has 0 aromatic carbocycles. The normalized spacial score (nSPS) is 24.8. The van der Waals surface area contributed by atoms with E-state index in [-0.39, 0.29) is 0 Å². The van der Waals surface area contributed by atoms with E-state index in [9.17, 15) is 8.42 Å². The molecule has 1 aromatic heterocycles. The van der Waals surface area contributed by atoms with Gasteiger partial charge in [-0.1, -0.05) is 18.1 Å². The Morgan fingerprint density at radius 1 is 1.12 bits per heavy atom. The van der Waals surface area contributed by atoms with Crippen LogP contribution in [-0.2, 0) is 23.1 Å². The Morgan fingerprint density at radius 3 is 2.58 bits per heavy atom. The monoisotopic (exact) mass is 355 g/mol. The summed E-state index contributed by atoms with van der Waals surface area (Å²) in [5.74, 6) is 0.321. The van der Waals surface area contributed by atoms with Gasteiger partial charge in [0.1, 0.15) is 0 Å². The topological polar surface area (TPSA) is 71.3 Å². The molecule has 0 amide bonds. The van der Waals surface area contributed by atoms with Crippen molar-refractivity contribution in [3.05, 3.63) is 11.9 Å². The van der Waals surface area contributed by atoms with Crippen LogP contribution >= 0.6 is 0 Å². The van der Waals surface area contributed by atoms with Crippen molar-refractivity contribution in [2.45, 2.75) is 51.6 Å². The summed E-state index contributed by atoms with van der Waals surface area (Å²) in [6, 6.07) is 0. The fourth-order valence-corrected chi connectivity index (χ4v) is 4.71. The van der Waals surface area contributed by atoms with E-state index >= 15 is 0 Å². The average Bonchev–Trinajstić information content (AvgIpc) is 2.80. The number of hydrogen-bond donors (Lipinski definition) is 0. The van der Waals surface area contributed by atoms with Crippen LogP contribution in [0.3, 0.4) is 0 Å². The summed E-state index contributed by atoms with van der Waals surface area (Å²) in [5, 5.41) is 8.57. The first kappa shape index (κ1) is 17.8. The van der Waals surface area contributed by atoms with Gasteiger partial charge in [0.15, 0.2) is 0 Å². The zero-order valence-electron chi connectivity index (χ0n) is 14.6. The molecule has 1 atom stereocenters. The van der Waals surface area contributed by atoms with Gasteiger partial charge in [-0.05, 0) is 44.7 Å². The molecule has 24 heavy (non-hydrogen) atoms. The number of likely N-dealkylation sites (tertiary alicyclic amines) is 1. The Hall–Kier alpha value is -0.990. The first-order chi connectivity index (χ1) is 11.5. The van der Waals surface area contributed by atoms with E-state index in [1.54, 1.807) is 4.31 Å². The first-order valence-corrected chi connectivity index (χ1v) is 10.9. The summed E-state index contributed by atoms with van der Waals surface area (Å²) in [5.41, 5.74) is 1.02. The van der Waals surface area contributed by atoms with Crippen LogP contribution in [0.25, 0.3) is 0 Å². The van der Waals surface area contributed by atoms with Gasteiger partial charge >= 0.3 is 0 Å². The zero-order valence-corrected chi connectivity index (χ0v) is 15.4. The van der Waals surface area contributed by atoms with Gasteiger partial charge in [-0.2, -0.15) is 0 Å². The Kier molecular flexibility index (Phi) is 5.89. The Balaban J connectivity index is 1.53. The van der Waals surface area contributed by atoms with Crippen molar-refractivity contribution in [1.29, 1.82) is 0 Å². The number of hydrogen-bond acceptors (Lipinski definition) is 5. The van der Waals surface area contributed by atoms with Gasteiger partial charge in [0, 0.05) is 32.4 Å². The van der Waals surface area contributed by atoms with Crippen LogP contribution in [0, 0.1) is 5.92 Å². The van der Waals surface area contributed by atoms with Crippen LogP contribution in [0.2, 0.25) is 0 Å². The fourth-order valence-electron chi connectivity index (χ4n) is 3.77. The maximum Gasteiger partial charge on any atom is 0.211 e. The van der Waals surface area contributed by atoms with E-state index in [4.69, 9.17) is 0 Å². The maximum atomic E-state index is 11.7. The van der Waals surface area contributed by atoms with Crippen LogP contribution in [0.4, 0.5) is 0 Å². The molecule has 0 spiro atoms. The second-order valence-corrected chi connectivity index (χ2v) is 9.23. The summed E-state index contributed by atoms with van der Waals surface area (Å²) in [4.78, 5) is 2.47. The molecule has 8 heteroatoms. The lowest BCUT2D eigenvalue weighted by Gasteiger charge is -2.30. The molecule has 0 saturated carbocycles. The summed E-state index contributed by atoms with van der Waals surface area (Å²) >= 11 is 0. The summed E-state index contributed by atoms with van der Waals surface area (Å²) < 4.78 is 26.9. The number of sulfonamides is 1. The van der Waals surface area contributed by atoms with Crippen molar-refractivity contribution >= 4 is 10.0 Å². The van der Waals surface area contributed by atoms with Gasteiger partial charge < -0.3 is 0 Å². The fraction of sp³-hybridized carbons (Fsp3) is 0.875. The predicted octanol–water partition coefficient (Wildman–Crippen LogP) is 1.33. The average molecular weight is 356 g/mol. The largest absolute Gasteiger partial charge is 0.297 e. The molecule has 0 bridgehead atoms. The molecule has 0 aliphatic carbocycles. The van der Waals surface area contributed by atoms with Crippen molar-refractivity contribution in [2.24, 2.45) is 5.92 Å². The van der Waals surface area contributed by atoms with Gasteiger partial charge in [0.25, 0.3) is 0 Å². The molecule has 3 heterocycles. The summed E-state index contributed by atoms with van der Waals surface area (Å²) in [6.45, 7) is 5.17. The zero-order chi connectivity index (χ0) is 17.0. The lowest BCUT2D eigenvalue weighted by molar-refractivity contribution is 0.239. The van der Waals surface area contributed by atoms with E-state index in [0.29, 0.717) is 19.0 Å². The van der Waals surface area contributed by atoms with E-state index < -0.39 is 10.0 Å². The molecule has 0 unspecified atom stereocenters. The minimum Gasteiger partial charge on any atom is -0.297 e. The highest BCUT2D eigenvalue weighted by atomic mass is 32.2. The Morgan fingerprint density at radius 2 is 1.88 bits per heavy atom. The maximum absolute atomic E-state index is 11.7. The molecule has 0 radical (unpaired) electrons. The van der Waals surface area contributed by atoms with E-state index in [1.165, 1.54) is 31.9 Å². The predicted molar refractivity (Wildman–Crippen MR) is 92.9 cm³/mol. The third-order valence-electron chi connectivity index (χ3n) is 5.07. The SMILES string of the molecule is CS(=O)(=O)N1CCC[C@H](Cn2cc(CN3CCCCCC3)nn2)C1. The number of rotatable bonds is 5. The van der Waals surface area contributed by atoms with Crippen molar-refractivity contribution in [3.8, 4) is 0 Å². The molecule has 0 N–H and O–H groups in total. The van der Waals surface area contributed by atoms with Crippen LogP contribution in [0.15, 0.2) is 6.20 Å². The molecule has 1 aromatic rings. The number of piperidine rings is 1. The van der Waals surface area contributed by atoms with Crippen LogP contribution < -0.4 is 0 Å². The number of nitrogens with zero attached hydrogens (tertiary/aromatic N) is 5. The quantitative estimate of drug-likeness (QED) is 0.797. The van der Waals surface area contributed by atoms with Crippen molar-refractivity contribution in [1.82, 2.24) is 24.2 Å². The van der Waals surface area contributed by atoms with E-state index in [1.807, 2.05) is 10.9 Å². The smallest absolute Gasteiger partial charge is 0.211 e. The Bertz CT molecular complexity index is 622. The molecule has 2 saturated heterocycles. The standard InChI is InChI=1S/C16H29N5O2S/c1-24(22,23)21-10-6-7-15(12-21)11-20-14-16(17-18-20)13-19-8-4-2-3-5-9-19/h14-15H,2-13H2,1H3/t15-/m1/s1. The van der Waals surface area contributed by atoms with Crippen LogP contribution in [0.1, 0.15) is 44.2 Å². The number of aromatic nitrogens is 3. The highest BCUT2D eigenvalue weighted by molar-refractivity contribution is 7.88. The van der Waals surface area contributed by atoms with Gasteiger partial charge in [-0.15, -0.1) is 5.10 Å². The molecule has 3 rings (SSSR count). The van der Waals surface area contributed by atoms with E-state index in [2.05, 4.69) is 15.2 Å². The van der Waals surface area contributed by atoms with Crippen molar-refractivity contribution < 1.29 is 8.42 Å². The minimum atomic E-state index is -3.09. The molecule has 7 nitrogen and oxygen atoms in total. The van der Waals surface area contributed by atoms with Crippen LogP contribution in [-0.4, -0.2) is 65.1 Å². The molecular weight excluding hydrogens is 326 g/mol. The van der Waals surface area contributed by atoms with Crippen molar-refractivity contribution in [3.63, 3.8) is 0 Å². The van der Waals surface area contributed by atoms with Gasteiger partial charge in [0.05, 0.1) is 11.9 Å². The minimum absolute atomic E-state index is 0.321. The molecule has 2 fully saturated rings. The third-order valence-corrected chi connectivity index (χ3v) is 6.34.